The maximum atomic E-state index is 5.23. The molecule has 1 aromatic carbocycles. The van der Waals surface area contributed by atoms with Gasteiger partial charge in [0.15, 0.2) is 0 Å². The quantitative estimate of drug-likeness (QED) is 0.829. The van der Waals surface area contributed by atoms with Crippen LogP contribution in [-0.4, -0.2) is 39.4 Å². The minimum atomic E-state index is 0.638. The van der Waals surface area contributed by atoms with Crippen LogP contribution in [0.5, 0.6) is 0 Å². The van der Waals surface area contributed by atoms with E-state index in [0.717, 1.165) is 26.1 Å². The van der Waals surface area contributed by atoms with Gasteiger partial charge in [-0.15, -0.1) is 0 Å². The van der Waals surface area contributed by atoms with Crippen molar-refractivity contribution in [2.75, 3.05) is 38.3 Å². The molecule has 0 amide bonds. The molecule has 1 heterocycles. The van der Waals surface area contributed by atoms with Crippen molar-refractivity contribution in [3.63, 3.8) is 0 Å². The molecule has 112 valence electrons. The lowest BCUT2D eigenvalue weighted by Crippen LogP contribution is -2.46. The second-order valence-corrected chi connectivity index (χ2v) is 5.61. The molecule has 0 radical (unpaired) electrons. The van der Waals surface area contributed by atoms with E-state index in [0.29, 0.717) is 6.04 Å². The number of hydrogen-bond acceptors (Lipinski definition) is 3. The van der Waals surface area contributed by atoms with Crippen molar-refractivity contribution in [2.45, 2.75) is 38.6 Å². The van der Waals surface area contributed by atoms with Gasteiger partial charge in [-0.25, -0.2) is 0 Å². The first-order valence-corrected chi connectivity index (χ1v) is 7.90. The second-order valence-electron chi connectivity index (χ2n) is 5.61. The summed E-state index contributed by atoms with van der Waals surface area (Å²) in [4.78, 5) is 2.54. The molecule has 1 aromatic rings. The van der Waals surface area contributed by atoms with Crippen molar-refractivity contribution in [1.29, 1.82) is 0 Å². The van der Waals surface area contributed by atoms with Crippen molar-refractivity contribution >= 4 is 5.69 Å². The Kier molecular flexibility index (Phi) is 6.34. The van der Waals surface area contributed by atoms with Crippen molar-refractivity contribution in [2.24, 2.45) is 0 Å². The Bertz CT molecular complexity index is 394. The van der Waals surface area contributed by atoms with Gasteiger partial charge in [-0.1, -0.05) is 25.1 Å². The van der Waals surface area contributed by atoms with Gasteiger partial charge in [0.05, 0.1) is 6.61 Å². The minimum Gasteiger partial charge on any atom is -0.384 e. The predicted octanol–water partition coefficient (Wildman–Crippen LogP) is 2.84. The van der Waals surface area contributed by atoms with Crippen LogP contribution in [0.2, 0.25) is 0 Å². The van der Waals surface area contributed by atoms with Crippen LogP contribution in [0.15, 0.2) is 24.3 Å². The molecule has 0 bridgehead atoms. The number of hydrogen-bond donors (Lipinski definition) is 1. The lowest BCUT2D eigenvalue weighted by Gasteiger charge is -2.36. The van der Waals surface area contributed by atoms with Crippen molar-refractivity contribution < 1.29 is 4.74 Å². The van der Waals surface area contributed by atoms with Crippen LogP contribution >= 0.6 is 0 Å². The zero-order chi connectivity index (χ0) is 14.2. The molecule has 1 saturated heterocycles. The maximum Gasteiger partial charge on any atom is 0.0503 e. The average molecular weight is 276 g/mol. The standard InChI is InChI=1S/C17H28N2O/c1-3-11-18-16-8-6-12-19(14-16)17-9-5-4-7-15(17)10-13-20-2/h4-5,7,9,16,18H,3,6,8,10-14H2,1-2H3. The Morgan fingerprint density at radius 3 is 3.00 bits per heavy atom. The lowest BCUT2D eigenvalue weighted by atomic mass is 10.0. The highest BCUT2D eigenvalue weighted by Crippen LogP contribution is 2.24. The van der Waals surface area contributed by atoms with Gasteiger partial charge in [-0.05, 0) is 43.9 Å². The highest BCUT2D eigenvalue weighted by atomic mass is 16.5. The molecule has 20 heavy (non-hydrogen) atoms. The van der Waals surface area contributed by atoms with Gasteiger partial charge in [-0.3, -0.25) is 0 Å². The summed E-state index contributed by atoms with van der Waals surface area (Å²) in [6.45, 7) is 6.46. The van der Waals surface area contributed by atoms with Gasteiger partial charge in [0.25, 0.3) is 0 Å². The Hall–Kier alpha value is -1.06. The highest BCUT2D eigenvalue weighted by Gasteiger charge is 2.20. The predicted molar refractivity (Wildman–Crippen MR) is 85.6 cm³/mol. The van der Waals surface area contributed by atoms with Gasteiger partial charge in [0.1, 0.15) is 0 Å². The molecule has 3 nitrogen and oxygen atoms in total. The number of methoxy groups -OCH3 is 1. The van der Waals surface area contributed by atoms with E-state index < -0.39 is 0 Å². The van der Waals surface area contributed by atoms with Gasteiger partial charge < -0.3 is 15.0 Å². The summed E-state index contributed by atoms with van der Waals surface area (Å²) in [7, 11) is 1.77. The molecular weight excluding hydrogens is 248 g/mol. The van der Waals surface area contributed by atoms with Crippen molar-refractivity contribution in [3.05, 3.63) is 29.8 Å². The van der Waals surface area contributed by atoms with Gasteiger partial charge >= 0.3 is 0 Å². The van der Waals surface area contributed by atoms with E-state index in [1.807, 2.05) is 0 Å². The third kappa shape index (κ3) is 4.22. The first-order chi connectivity index (χ1) is 9.85. The molecule has 0 aliphatic carbocycles. The third-order valence-electron chi connectivity index (χ3n) is 4.01. The van der Waals surface area contributed by atoms with E-state index in [2.05, 4.69) is 41.4 Å². The number of anilines is 1. The molecule has 1 fully saturated rings. The molecule has 1 N–H and O–H groups in total. The fourth-order valence-electron chi connectivity index (χ4n) is 2.95. The molecule has 1 aliphatic rings. The fraction of sp³-hybridized carbons (Fsp3) is 0.647. The average Bonchev–Trinajstić information content (AvgIpc) is 2.51. The lowest BCUT2D eigenvalue weighted by molar-refractivity contribution is 0.202. The van der Waals surface area contributed by atoms with E-state index in [4.69, 9.17) is 4.74 Å². The Balaban J connectivity index is 2.02. The summed E-state index contributed by atoms with van der Waals surface area (Å²) in [5.41, 5.74) is 2.80. The summed E-state index contributed by atoms with van der Waals surface area (Å²) in [5.74, 6) is 0. The number of para-hydroxylation sites is 1. The first-order valence-electron chi connectivity index (χ1n) is 7.90. The summed E-state index contributed by atoms with van der Waals surface area (Å²) in [6, 6.07) is 9.41. The summed E-state index contributed by atoms with van der Waals surface area (Å²) in [5, 5.41) is 3.67. The number of nitrogens with zero attached hydrogens (tertiary/aromatic N) is 1. The number of nitrogens with one attached hydrogen (secondary N) is 1. The number of rotatable bonds is 7. The van der Waals surface area contributed by atoms with E-state index in [9.17, 15) is 0 Å². The Morgan fingerprint density at radius 1 is 1.35 bits per heavy atom. The molecule has 3 heteroatoms. The van der Waals surface area contributed by atoms with E-state index in [1.54, 1.807) is 7.11 Å². The molecule has 0 saturated carbocycles. The van der Waals surface area contributed by atoms with Crippen molar-refractivity contribution in [1.82, 2.24) is 5.32 Å². The smallest absolute Gasteiger partial charge is 0.0503 e. The molecule has 1 aliphatic heterocycles. The summed E-state index contributed by atoms with van der Waals surface area (Å²) in [6.07, 6.45) is 4.79. The molecule has 1 atom stereocenters. The third-order valence-corrected chi connectivity index (χ3v) is 4.01. The van der Waals surface area contributed by atoms with Gasteiger partial charge in [0, 0.05) is 31.9 Å². The van der Waals surface area contributed by atoms with Crippen LogP contribution < -0.4 is 10.2 Å². The van der Waals surface area contributed by atoms with E-state index >= 15 is 0 Å². The fourth-order valence-corrected chi connectivity index (χ4v) is 2.95. The van der Waals surface area contributed by atoms with Crippen LogP contribution in [0.4, 0.5) is 5.69 Å². The zero-order valence-corrected chi connectivity index (χ0v) is 12.9. The van der Waals surface area contributed by atoms with Crippen LogP contribution in [-0.2, 0) is 11.2 Å². The highest BCUT2D eigenvalue weighted by molar-refractivity contribution is 5.54. The zero-order valence-electron chi connectivity index (χ0n) is 12.9. The van der Waals surface area contributed by atoms with Gasteiger partial charge in [0.2, 0.25) is 0 Å². The van der Waals surface area contributed by atoms with Crippen LogP contribution in [0.1, 0.15) is 31.7 Å². The largest absolute Gasteiger partial charge is 0.384 e. The molecule has 2 rings (SSSR count). The van der Waals surface area contributed by atoms with Crippen LogP contribution in [0.3, 0.4) is 0 Å². The number of benzene rings is 1. The first kappa shape index (κ1) is 15.3. The molecule has 0 aromatic heterocycles. The molecular formula is C17H28N2O. The SMILES string of the molecule is CCCNC1CCCN(c2ccccc2CCOC)C1. The van der Waals surface area contributed by atoms with Gasteiger partial charge in [-0.2, -0.15) is 0 Å². The monoisotopic (exact) mass is 276 g/mol. The number of ether oxygens (including phenoxy) is 1. The Morgan fingerprint density at radius 2 is 2.20 bits per heavy atom. The summed E-state index contributed by atoms with van der Waals surface area (Å²) >= 11 is 0. The minimum absolute atomic E-state index is 0.638. The van der Waals surface area contributed by atoms with E-state index in [-0.39, 0.29) is 0 Å². The normalized spacial score (nSPS) is 19.3. The van der Waals surface area contributed by atoms with Crippen LogP contribution in [0, 0.1) is 0 Å². The maximum absolute atomic E-state index is 5.23. The topological polar surface area (TPSA) is 24.5 Å². The molecule has 0 spiro atoms. The second kappa shape index (κ2) is 8.28. The van der Waals surface area contributed by atoms with Crippen molar-refractivity contribution in [3.8, 4) is 0 Å². The van der Waals surface area contributed by atoms with Crippen LogP contribution in [0.25, 0.3) is 0 Å². The number of piperidine rings is 1. The molecule has 1 unspecified atom stereocenters. The van der Waals surface area contributed by atoms with E-state index in [1.165, 1.54) is 37.1 Å². The summed E-state index contributed by atoms with van der Waals surface area (Å²) < 4.78 is 5.23. The Labute approximate surface area is 123 Å².